The van der Waals surface area contributed by atoms with E-state index in [0.717, 1.165) is 6.42 Å². The summed E-state index contributed by atoms with van der Waals surface area (Å²) < 4.78 is 5.23. The second-order valence-electron chi connectivity index (χ2n) is 4.27. The fraction of sp³-hybridized carbons (Fsp3) is 0.500. The molecule has 4 nitrogen and oxygen atoms in total. The molecule has 1 rings (SSSR count). The molecule has 0 fully saturated rings. The highest BCUT2D eigenvalue weighted by Crippen LogP contribution is 2.26. The summed E-state index contributed by atoms with van der Waals surface area (Å²) in [7, 11) is 1.55. The van der Waals surface area contributed by atoms with Gasteiger partial charge in [0.25, 0.3) is 5.91 Å². The minimum atomic E-state index is -0.0678. The zero-order valence-corrected chi connectivity index (χ0v) is 11.6. The van der Waals surface area contributed by atoms with Gasteiger partial charge in [-0.1, -0.05) is 13.0 Å². The lowest BCUT2D eigenvalue weighted by molar-refractivity contribution is 0.0697. The van der Waals surface area contributed by atoms with Gasteiger partial charge in [0, 0.05) is 18.3 Å². The maximum Gasteiger partial charge on any atom is 0.259 e. The molecule has 4 heteroatoms. The Kier molecular flexibility index (Phi) is 5.01. The summed E-state index contributed by atoms with van der Waals surface area (Å²) in [5.41, 5.74) is 6.82. The van der Waals surface area contributed by atoms with Gasteiger partial charge in [-0.3, -0.25) is 4.79 Å². The summed E-state index contributed by atoms with van der Waals surface area (Å²) in [6, 6.07) is 5.45. The average molecular weight is 250 g/mol. The third-order valence-electron chi connectivity index (χ3n) is 3.22. The van der Waals surface area contributed by atoms with Crippen LogP contribution in [0.2, 0.25) is 0 Å². The zero-order valence-electron chi connectivity index (χ0n) is 11.6. The summed E-state index contributed by atoms with van der Waals surface area (Å²) in [6.07, 6.45) is 0.911. The van der Waals surface area contributed by atoms with Gasteiger partial charge in [-0.15, -0.1) is 0 Å². The standard InChI is InChI=1S/C14H22N2O2/c1-5-10(3)16(6-2)14(17)13-11(15)8-7-9-12(13)18-4/h7-10H,5-6,15H2,1-4H3. The van der Waals surface area contributed by atoms with Crippen molar-refractivity contribution in [3.8, 4) is 5.75 Å². The Morgan fingerprint density at radius 3 is 2.61 bits per heavy atom. The molecule has 0 aromatic heterocycles. The van der Waals surface area contributed by atoms with Crippen molar-refractivity contribution in [2.75, 3.05) is 19.4 Å². The fourth-order valence-corrected chi connectivity index (χ4v) is 1.97. The summed E-state index contributed by atoms with van der Waals surface area (Å²) in [5.74, 6) is 0.462. The molecule has 100 valence electrons. The van der Waals surface area contributed by atoms with Crippen molar-refractivity contribution >= 4 is 11.6 Å². The minimum Gasteiger partial charge on any atom is -0.496 e. The lowest BCUT2D eigenvalue weighted by atomic mass is 10.1. The van der Waals surface area contributed by atoms with Crippen molar-refractivity contribution in [2.45, 2.75) is 33.2 Å². The Hall–Kier alpha value is -1.71. The van der Waals surface area contributed by atoms with Gasteiger partial charge in [-0.25, -0.2) is 0 Å². The van der Waals surface area contributed by atoms with Crippen LogP contribution in [0.4, 0.5) is 5.69 Å². The van der Waals surface area contributed by atoms with Crippen LogP contribution in [0.15, 0.2) is 18.2 Å². The van der Waals surface area contributed by atoms with Gasteiger partial charge in [0.15, 0.2) is 0 Å². The molecule has 0 aliphatic heterocycles. The molecule has 0 bridgehead atoms. The second-order valence-corrected chi connectivity index (χ2v) is 4.27. The van der Waals surface area contributed by atoms with Crippen LogP contribution < -0.4 is 10.5 Å². The number of nitrogens with two attached hydrogens (primary N) is 1. The molecule has 1 atom stereocenters. The highest BCUT2D eigenvalue weighted by atomic mass is 16.5. The molecule has 1 aromatic carbocycles. The summed E-state index contributed by atoms with van der Waals surface area (Å²) in [6.45, 7) is 6.72. The number of nitrogens with zero attached hydrogens (tertiary/aromatic N) is 1. The molecule has 0 spiro atoms. The molecule has 0 saturated carbocycles. The van der Waals surface area contributed by atoms with E-state index < -0.39 is 0 Å². The van der Waals surface area contributed by atoms with Gasteiger partial charge < -0.3 is 15.4 Å². The molecule has 2 N–H and O–H groups in total. The number of anilines is 1. The quantitative estimate of drug-likeness (QED) is 0.817. The van der Waals surface area contributed by atoms with Gasteiger partial charge in [-0.2, -0.15) is 0 Å². The Morgan fingerprint density at radius 2 is 2.11 bits per heavy atom. The molecule has 0 aliphatic carbocycles. The number of carbonyl (C=O) groups is 1. The summed E-state index contributed by atoms with van der Waals surface area (Å²) in [4.78, 5) is 14.4. The number of hydrogen-bond donors (Lipinski definition) is 1. The Bertz CT molecular complexity index is 418. The van der Waals surface area contributed by atoms with E-state index in [0.29, 0.717) is 23.5 Å². The summed E-state index contributed by atoms with van der Waals surface area (Å²) in [5, 5.41) is 0. The second kappa shape index (κ2) is 6.28. The first-order chi connectivity index (χ1) is 8.56. The van der Waals surface area contributed by atoms with E-state index in [-0.39, 0.29) is 11.9 Å². The largest absolute Gasteiger partial charge is 0.496 e. The Balaban J connectivity index is 3.16. The zero-order chi connectivity index (χ0) is 13.7. The van der Waals surface area contributed by atoms with Crippen LogP contribution in [0, 0.1) is 0 Å². The van der Waals surface area contributed by atoms with E-state index in [9.17, 15) is 4.79 Å². The fourth-order valence-electron chi connectivity index (χ4n) is 1.97. The van der Waals surface area contributed by atoms with Gasteiger partial charge in [-0.05, 0) is 32.4 Å². The SMILES string of the molecule is CCC(C)N(CC)C(=O)c1c(N)cccc1OC. The molecule has 1 aromatic rings. The highest BCUT2D eigenvalue weighted by Gasteiger charge is 2.23. The molecule has 1 amide bonds. The third kappa shape index (κ3) is 2.75. The van der Waals surface area contributed by atoms with E-state index in [1.807, 2.05) is 18.7 Å². The third-order valence-corrected chi connectivity index (χ3v) is 3.22. The van der Waals surface area contributed by atoms with Gasteiger partial charge in [0.05, 0.1) is 7.11 Å². The predicted octanol–water partition coefficient (Wildman–Crippen LogP) is 2.54. The van der Waals surface area contributed by atoms with Crippen molar-refractivity contribution in [1.29, 1.82) is 0 Å². The van der Waals surface area contributed by atoms with Crippen molar-refractivity contribution < 1.29 is 9.53 Å². The highest BCUT2D eigenvalue weighted by molar-refractivity contribution is 6.02. The molecule has 0 saturated heterocycles. The maximum atomic E-state index is 12.5. The van der Waals surface area contributed by atoms with Gasteiger partial charge in [0.2, 0.25) is 0 Å². The molecule has 0 aliphatic rings. The minimum absolute atomic E-state index is 0.0678. The normalized spacial score (nSPS) is 12.0. The van der Waals surface area contributed by atoms with Crippen LogP contribution in [-0.2, 0) is 0 Å². The lowest BCUT2D eigenvalue weighted by Gasteiger charge is -2.28. The van der Waals surface area contributed by atoms with Gasteiger partial charge >= 0.3 is 0 Å². The first-order valence-corrected chi connectivity index (χ1v) is 6.30. The molecule has 1 unspecified atom stereocenters. The number of ether oxygens (including phenoxy) is 1. The van der Waals surface area contributed by atoms with Crippen molar-refractivity contribution in [1.82, 2.24) is 4.90 Å². The van der Waals surface area contributed by atoms with E-state index in [1.54, 1.807) is 25.3 Å². The summed E-state index contributed by atoms with van der Waals surface area (Å²) >= 11 is 0. The van der Waals surface area contributed by atoms with E-state index in [1.165, 1.54) is 0 Å². The van der Waals surface area contributed by atoms with Crippen molar-refractivity contribution in [2.24, 2.45) is 0 Å². The van der Waals surface area contributed by atoms with E-state index in [2.05, 4.69) is 6.92 Å². The number of nitrogen functional groups attached to an aromatic ring is 1. The number of methoxy groups -OCH3 is 1. The van der Waals surface area contributed by atoms with Crippen LogP contribution in [0.3, 0.4) is 0 Å². The van der Waals surface area contributed by atoms with Crippen molar-refractivity contribution in [3.63, 3.8) is 0 Å². The van der Waals surface area contributed by atoms with E-state index in [4.69, 9.17) is 10.5 Å². The molecular weight excluding hydrogens is 228 g/mol. The molecule has 0 radical (unpaired) electrons. The Labute approximate surface area is 109 Å². The van der Waals surface area contributed by atoms with Crippen LogP contribution in [0.5, 0.6) is 5.75 Å². The topological polar surface area (TPSA) is 55.6 Å². The van der Waals surface area contributed by atoms with Crippen molar-refractivity contribution in [3.05, 3.63) is 23.8 Å². The maximum absolute atomic E-state index is 12.5. The number of rotatable bonds is 5. The molecule has 0 heterocycles. The van der Waals surface area contributed by atoms with Gasteiger partial charge in [0.1, 0.15) is 11.3 Å². The number of carbonyl (C=O) groups excluding carboxylic acids is 1. The molecular formula is C14H22N2O2. The smallest absolute Gasteiger partial charge is 0.259 e. The van der Waals surface area contributed by atoms with Crippen LogP contribution in [0.25, 0.3) is 0 Å². The average Bonchev–Trinajstić information content (AvgIpc) is 2.38. The Morgan fingerprint density at radius 1 is 1.44 bits per heavy atom. The number of hydrogen-bond acceptors (Lipinski definition) is 3. The van der Waals surface area contributed by atoms with Crippen LogP contribution >= 0.6 is 0 Å². The first kappa shape index (κ1) is 14.4. The predicted molar refractivity (Wildman–Crippen MR) is 73.9 cm³/mol. The number of benzene rings is 1. The number of amides is 1. The van der Waals surface area contributed by atoms with E-state index >= 15 is 0 Å². The molecule has 18 heavy (non-hydrogen) atoms. The first-order valence-electron chi connectivity index (χ1n) is 6.30. The monoisotopic (exact) mass is 250 g/mol. The van der Waals surface area contributed by atoms with Crippen LogP contribution in [0.1, 0.15) is 37.6 Å². The van der Waals surface area contributed by atoms with Crippen LogP contribution in [-0.4, -0.2) is 30.5 Å². The lowest BCUT2D eigenvalue weighted by Crippen LogP contribution is -2.38.